The number of ether oxygens (including phenoxy) is 1. The maximum atomic E-state index is 12.9. The van der Waals surface area contributed by atoms with Crippen LogP contribution in [0.3, 0.4) is 0 Å². The number of nitrogens with one attached hydrogen (secondary N) is 2. The fraction of sp³-hybridized carbons (Fsp3) is 0.333. The van der Waals surface area contributed by atoms with E-state index in [2.05, 4.69) is 35.8 Å². The van der Waals surface area contributed by atoms with Crippen LogP contribution < -0.4 is 10.6 Å². The summed E-state index contributed by atoms with van der Waals surface area (Å²) in [5.41, 5.74) is 4.62. The van der Waals surface area contributed by atoms with E-state index in [9.17, 15) is 9.59 Å². The summed E-state index contributed by atoms with van der Waals surface area (Å²) in [4.78, 5) is 25.0. The predicted octanol–water partition coefficient (Wildman–Crippen LogP) is 3.72. The first-order valence-corrected chi connectivity index (χ1v) is 10.3. The largest absolute Gasteiger partial charge is 0.383 e. The molecule has 0 unspecified atom stereocenters. The van der Waals surface area contributed by atoms with Crippen molar-refractivity contribution in [2.45, 2.75) is 26.3 Å². The van der Waals surface area contributed by atoms with E-state index < -0.39 is 0 Å². The first-order chi connectivity index (χ1) is 14.5. The number of benzene rings is 2. The van der Waals surface area contributed by atoms with E-state index in [0.29, 0.717) is 25.4 Å². The average molecular weight is 405 g/mol. The molecule has 2 aromatic carbocycles. The van der Waals surface area contributed by atoms with E-state index in [-0.39, 0.29) is 17.7 Å². The summed E-state index contributed by atoms with van der Waals surface area (Å²) in [7, 11) is 1.61. The van der Waals surface area contributed by atoms with Gasteiger partial charge >= 0.3 is 0 Å². The lowest BCUT2D eigenvalue weighted by Gasteiger charge is -2.12. The molecule has 2 N–H and O–H groups in total. The Morgan fingerprint density at radius 1 is 1.13 bits per heavy atom. The molecule has 0 aliphatic heterocycles. The lowest BCUT2D eigenvalue weighted by Crippen LogP contribution is -2.29. The van der Waals surface area contributed by atoms with E-state index in [1.165, 1.54) is 5.56 Å². The number of amides is 2. The van der Waals surface area contributed by atoms with Gasteiger partial charge in [-0.1, -0.05) is 29.8 Å². The number of hydrogen-bond donors (Lipinski definition) is 2. The summed E-state index contributed by atoms with van der Waals surface area (Å²) >= 11 is 0. The molecule has 1 aromatic heterocycles. The average Bonchev–Trinajstić information content (AvgIpc) is 3.51. The Labute approximate surface area is 176 Å². The van der Waals surface area contributed by atoms with Gasteiger partial charge in [0.25, 0.3) is 5.91 Å². The van der Waals surface area contributed by atoms with Crippen molar-refractivity contribution in [3.8, 4) is 0 Å². The minimum atomic E-state index is -0.139. The third kappa shape index (κ3) is 4.54. The number of methoxy groups -OCH3 is 1. The number of aryl methyl sites for hydroxylation is 1. The van der Waals surface area contributed by atoms with Crippen LogP contribution in [0.5, 0.6) is 0 Å². The summed E-state index contributed by atoms with van der Waals surface area (Å²) < 4.78 is 7.07. The molecule has 156 valence electrons. The number of nitrogens with zero attached hydrogens (tertiary/aromatic N) is 1. The third-order valence-corrected chi connectivity index (χ3v) is 5.36. The zero-order valence-electron chi connectivity index (χ0n) is 17.4. The monoisotopic (exact) mass is 405 g/mol. The zero-order valence-corrected chi connectivity index (χ0v) is 17.4. The molecule has 3 aromatic rings. The van der Waals surface area contributed by atoms with Gasteiger partial charge in [-0.25, -0.2) is 0 Å². The van der Waals surface area contributed by atoms with Gasteiger partial charge in [-0.05, 0) is 49.6 Å². The fourth-order valence-corrected chi connectivity index (χ4v) is 3.65. The Balaban J connectivity index is 1.68. The van der Waals surface area contributed by atoms with E-state index in [0.717, 1.165) is 35.0 Å². The van der Waals surface area contributed by atoms with Gasteiger partial charge in [0.15, 0.2) is 0 Å². The van der Waals surface area contributed by atoms with E-state index in [4.69, 9.17) is 4.74 Å². The fourth-order valence-electron chi connectivity index (χ4n) is 3.65. The zero-order chi connectivity index (χ0) is 21.1. The van der Waals surface area contributed by atoms with Crippen molar-refractivity contribution in [2.24, 2.45) is 5.92 Å². The molecule has 4 rings (SSSR count). The molecule has 2 amide bonds. The molecule has 0 atom stereocenters. The van der Waals surface area contributed by atoms with Gasteiger partial charge in [0.2, 0.25) is 5.91 Å². The summed E-state index contributed by atoms with van der Waals surface area (Å²) in [6.45, 7) is 3.56. The van der Waals surface area contributed by atoms with Crippen LogP contribution in [0.1, 0.15) is 34.5 Å². The van der Waals surface area contributed by atoms with Gasteiger partial charge in [-0.15, -0.1) is 0 Å². The Hall–Kier alpha value is -3.12. The van der Waals surface area contributed by atoms with Crippen molar-refractivity contribution in [1.82, 2.24) is 9.88 Å². The molecular formula is C24H27N3O3. The van der Waals surface area contributed by atoms with Crippen molar-refractivity contribution in [3.63, 3.8) is 0 Å². The Kier molecular flexibility index (Phi) is 5.86. The van der Waals surface area contributed by atoms with Gasteiger partial charge in [0, 0.05) is 42.7 Å². The number of carbonyl (C=O) groups excluding carboxylic acids is 2. The van der Waals surface area contributed by atoms with Crippen molar-refractivity contribution < 1.29 is 14.3 Å². The molecule has 0 saturated heterocycles. The van der Waals surface area contributed by atoms with E-state index in [1.54, 1.807) is 7.11 Å². The number of fused-ring (bicyclic) bond motifs is 1. The number of hydrogen-bond acceptors (Lipinski definition) is 3. The van der Waals surface area contributed by atoms with Gasteiger partial charge in [-0.3, -0.25) is 9.59 Å². The number of anilines is 1. The lowest BCUT2D eigenvalue weighted by atomic mass is 10.1. The van der Waals surface area contributed by atoms with Crippen LogP contribution in [0, 0.1) is 12.8 Å². The smallest absolute Gasteiger partial charge is 0.268 e. The second-order valence-electron chi connectivity index (χ2n) is 7.89. The van der Waals surface area contributed by atoms with Crippen LogP contribution in [0.25, 0.3) is 10.9 Å². The minimum Gasteiger partial charge on any atom is -0.383 e. The normalized spacial score (nSPS) is 13.4. The SMILES string of the molecule is COCCNC(=O)c1cc2cc(NC(=O)C3CC3)ccc2n1Cc1cccc(C)c1. The maximum absolute atomic E-state index is 12.9. The Bertz CT molecular complexity index is 1080. The molecule has 1 aliphatic carbocycles. The maximum Gasteiger partial charge on any atom is 0.268 e. The lowest BCUT2D eigenvalue weighted by molar-refractivity contribution is -0.117. The van der Waals surface area contributed by atoms with E-state index >= 15 is 0 Å². The van der Waals surface area contributed by atoms with Crippen molar-refractivity contribution in [1.29, 1.82) is 0 Å². The predicted molar refractivity (Wildman–Crippen MR) is 118 cm³/mol. The topological polar surface area (TPSA) is 72.4 Å². The van der Waals surface area contributed by atoms with Gasteiger partial charge in [0.05, 0.1) is 6.61 Å². The summed E-state index contributed by atoms with van der Waals surface area (Å²) in [6, 6.07) is 16.0. The van der Waals surface area contributed by atoms with Gasteiger partial charge in [0.1, 0.15) is 5.69 Å². The minimum absolute atomic E-state index is 0.0751. The first kappa shape index (κ1) is 20.2. The van der Waals surface area contributed by atoms with Crippen LogP contribution >= 0.6 is 0 Å². The number of aromatic nitrogens is 1. The van der Waals surface area contributed by atoms with Crippen LogP contribution in [0.2, 0.25) is 0 Å². The molecule has 0 spiro atoms. The quantitative estimate of drug-likeness (QED) is 0.561. The molecule has 1 heterocycles. The van der Waals surface area contributed by atoms with Crippen LogP contribution in [0.15, 0.2) is 48.5 Å². The highest BCUT2D eigenvalue weighted by Gasteiger charge is 2.29. The molecule has 1 aliphatic rings. The molecule has 30 heavy (non-hydrogen) atoms. The molecule has 0 radical (unpaired) electrons. The molecule has 6 nitrogen and oxygen atoms in total. The molecule has 0 bridgehead atoms. The summed E-state index contributed by atoms with van der Waals surface area (Å²) in [6.07, 6.45) is 1.93. The van der Waals surface area contributed by atoms with Crippen LogP contribution in [-0.4, -0.2) is 36.6 Å². The summed E-state index contributed by atoms with van der Waals surface area (Å²) in [5.74, 6) is 0.0827. The Morgan fingerprint density at radius 3 is 2.70 bits per heavy atom. The van der Waals surface area contributed by atoms with Crippen molar-refractivity contribution in [3.05, 3.63) is 65.4 Å². The van der Waals surface area contributed by atoms with Crippen LogP contribution in [0.4, 0.5) is 5.69 Å². The highest BCUT2D eigenvalue weighted by molar-refractivity contribution is 6.01. The second-order valence-corrected chi connectivity index (χ2v) is 7.89. The van der Waals surface area contributed by atoms with Gasteiger partial charge in [-0.2, -0.15) is 0 Å². The second kappa shape index (κ2) is 8.71. The van der Waals surface area contributed by atoms with Crippen molar-refractivity contribution in [2.75, 3.05) is 25.6 Å². The molecule has 6 heteroatoms. The number of rotatable bonds is 8. The summed E-state index contributed by atoms with van der Waals surface area (Å²) in [5, 5.41) is 6.83. The highest BCUT2D eigenvalue weighted by Crippen LogP contribution is 2.31. The third-order valence-electron chi connectivity index (χ3n) is 5.36. The first-order valence-electron chi connectivity index (χ1n) is 10.3. The standard InChI is InChI=1S/C24H27N3O3/c1-16-4-3-5-17(12-16)15-27-21-9-8-20(26-23(28)18-6-7-18)13-19(21)14-22(27)24(29)25-10-11-30-2/h3-5,8-9,12-14,18H,6-7,10-11,15H2,1-2H3,(H,25,29)(H,26,28). The van der Waals surface area contributed by atoms with E-state index in [1.807, 2.05) is 34.9 Å². The highest BCUT2D eigenvalue weighted by atomic mass is 16.5. The number of carbonyl (C=O) groups is 2. The van der Waals surface area contributed by atoms with Crippen LogP contribution in [-0.2, 0) is 16.1 Å². The molecular weight excluding hydrogens is 378 g/mol. The van der Waals surface area contributed by atoms with Gasteiger partial charge < -0.3 is 19.9 Å². The molecule has 1 fully saturated rings. The Morgan fingerprint density at radius 2 is 1.97 bits per heavy atom. The molecule has 1 saturated carbocycles. The van der Waals surface area contributed by atoms with Crippen molar-refractivity contribution >= 4 is 28.4 Å².